The van der Waals surface area contributed by atoms with Crippen LogP contribution < -0.4 is 5.32 Å². The second kappa shape index (κ2) is 5.83. The van der Waals surface area contributed by atoms with E-state index in [4.69, 9.17) is 0 Å². The lowest BCUT2D eigenvalue weighted by Gasteiger charge is -2.27. The van der Waals surface area contributed by atoms with Gasteiger partial charge in [0.05, 0.1) is 5.56 Å². The number of hydrogen-bond acceptors (Lipinski definition) is 1. The number of amides is 1. The van der Waals surface area contributed by atoms with E-state index in [0.717, 1.165) is 0 Å². The van der Waals surface area contributed by atoms with E-state index in [9.17, 15) is 9.18 Å². The van der Waals surface area contributed by atoms with E-state index in [1.165, 1.54) is 6.07 Å². The molecule has 0 fully saturated rings. The Morgan fingerprint density at radius 2 is 2.06 bits per heavy atom. The highest BCUT2D eigenvalue weighted by Crippen LogP contribution is 2.25. The van der Waals surface area contributed by atoms with Crippen molar-refractivity contribution in [2.45, 2.75) is 27.7 Å². The van der Waals surface area contributed by atoms with Gasteiger partial charge < -0.3 is 5.32 Å². The maximum Gasteiger partial charge on any atom is 0.255 e. The molecule has 0 aliphatic carbocycles. The van der Waals surface area contributed by atoms with Crippen molar-refractivity contribution >= 4 is 21.8 Å². The van der Waals surface area contributed by atoms with Crippen molar-refractivity contribution in [3.63, 3.8) is 0 Å². The molecule has 0 radical (unpaired) electrons. The second-order valence-electron chi connectivity index (χ2n) is 5.57. The largest absolute Gasteiger partial charge is 0.352 e. The molecule has 0 saturated carbocycles. The minimum Gasteiger partial charge on any atom is -0.352 e. The van der Waals surface area contributed by atoms with E-state index in [1.807, 2.05) is 0 Å². The predicted molar refractivity (Wildman–Crippen MR) is 75.1 cm³/mol. The van der Waals surface area contributed by atoms with Gasteiger partial charge in [-0.1, -0.05) is 33.8 Å². The highest BCUT2D eigenvalue weighted by molar-refractivity contribution is 9.10. The number of carbonyl (C=O) groups is 1. The molecule has 1 rings (SSSR count). The van der Waals surface area contributed by atoms with Crippen molar-refractivity contribution in [2.24, 2.45) is 11.3 Å². The lowest BCUT2D eigenvalue weighted by Crippen LogP contribution is -2.34. The molecule has 1 amide bonds. The van der Waals surface area contributed by atoms with E-state index >= 15 is 0 Å². The van der Waals surface area contributed by atoms with Gasteiger partial charge in [-0.05, 0) is 39.4 Å². The molecule has 4 heteroatoms. The molecular weight excluding hydrogens is 297 g/mol. The van der Waals surface area contributed by atoms with Gasteiger partial charge in [-0.25, -0.2) is 4.39 Å². The molecule has 1 aromatic rings. The van der Waals surface area contributed by atoms with Gasteiger partial charge in [0.25, 0.3) is 5.91 Å². The lowest BCUT2D eigenvalue weighted by atomic mass is 9.82. The first-order valence-corrected chi connectivity index (χ1v) is 6.75. The fourth-order valence-electron chi connectivity index (χ4n) is 1.36. The smallest absolute Gasteiger partial charge is 0.255 e. The van der Waals surface area contributed by atoms with Crippen LogP contribution in [0.5, 0.6) is 0 Å². The fraction of sp³-hybridized carbons (Fsp3) is 0.500. The highest BCUT2D eigenvalue weighted by Gasteiger charge is 2.22. The summed E-state index contributed by atoms with van der Waals surface area (Å²) in [6, 6.07) is 4.51. The van der Waals surface area contributed by atoms with E-state index < -0.39 is 5.82 Å². The standard InChI is InChI=1S/C14H19BrFNO/c1-9(14(2,3)4)8-17-13(18)12-10(15)6-5-7-11(12)16/h5-7,9H,8H2,1-4H3,(H,17,18). The van der Waals surface area contributed by atoms with Gasteiger partial charge in [-0.3, -0.25) is 4.79 Å². The third-order valence-corrected chi connectivity index (χ3v) is 3.90. The Morgan fingerprint density at radius 1 is 1.44 bits per heavy atom. The van der Waals surface area contributed by atoms with Gasteiger partial charge in [-0.2, -0.15) is 0 Å². The number of hydrogen-bond donors (Lipinski definition) is 1. The first-order chi connectivity index (χ1) is 8.23. The molecule has 0 saturated heterocycles. The van der Waals surface area contributed by atoms with Crippen molar-refractivity contribution in [2.75, 3.05) is 6.54 Å². The zero-order valence-corrected chi connectivity index (χ0v) is 12.8. The monoisotopic (exact) mass is 315 g/mol. The van der Waals surface area contributed by atoms with Crippen LogP contribution in [0, 0.1) is 17.2 Å². The lowest BCUT2D eigenvalue weighted by molar-refractivity contribution is 0.0932. The minimum absolute atomic E-state index is 0.0682. The summed E-state index contributed by atoms with van der Waals surface area (Å²) in [5.41, 5.74) is 0.179. The summed E-state index contributed by atoms with van der Waals surface area (Å²) >= 11 is 3.19. The number of rotatable bonds is 3. The maximum atomic E-state index is 13.6. The third kappa shape index (κ3) is 3.80. The quantitative estimate of drug-likeness (QED) is 0.897. The van der Waals surface area contributed by atoms with Crippen LogP contribution in [0.25, 0.3) is 0 Å². The molecule has 1 atom stereocenters. The molecule has 0 heterocycles. The van der Waals surface area contributed by atoms with Crippen molar-refractivity contribution in [3.05, 3.63) is 34.1 Å². The molecule has 100 valence electrons. The number of carbonyl (C=O) groups excluding carboxylic acids is 1. The van der Waals surface area contributed by atoms with Crippen LogP contribution in [-0.2, 0) is 0 Å². The van der Waals surface area contributed by atoms with Crippen LogP contribution >= 0.6 is 15.9 Å². The van der Waals surface area contributed by atoms with E-state index in [0.29, 0.717) is 16.9 Å². The average Bonchev–Trinajstić information content (AvgIpc) is 2.24. The number of nitrogens with one attached hydrogen (secondary N) is 1. The Bertz CT molecular complexity index is 420. The molecule has 0 bridgehead atoms. The molecule has 1 aromatic carbocycles. The Kier molecular flexibility index (Phi) is 4.91. The highest BCUT2D eigenvalue weighted by atomic mass is 79.9. The Balaban J connectivity index is 2.73. The van der Waals surface area contributed by atoms with Crippen LogP contribution in [-0.4, -0.2) is 12.5 Å². The molecular formula is C14H19BrFNO. The topological polar surface area (TPSA) is 29.1 Å². The molecule has 18 heavy (non-hydrogen) atoms. The first-order valence-electron chi connectivity index (χ1n) is 5.95. The van der Waals surface area contributed by atoms with Crippen LogP contribution in [0.4, 0.5) is 4.39 Å². The van der Waals surface area contributed by atoms with Crippen LogP contribution in [0.2, 0.25) is 0 Å². The van der Waals surface area contributed by atoms with Gasteiger partial charge in [0, 0.05) is 11.0 Å². The summed E-state index contributed by atoms with van der Waals surface area (Å²) in [7, 11) is 0. The summed E-state index contributed by atoms with van der Waals surface area (Å²) in [5, 5.41) is 2.78. The predicted octanol–water partition coefficient (Wildman–Crippen LogP) is 4.00. The van der Waals surface area contributed by atoms with Gasteiger partial charge in [0.2, 0.25) is 0 Å². The van der Waals surface area contributed by atoms with Crippen LogP contribution in [0.15, 0.2) is 22.7 Å². The summed E-state index contributed by atoms with van der Waals surface area (Å²) in [5.74, 6) is -0.576. The summed E-state index contributed by atoms with van der Waals surface area (Å²) < 4.78 is 14.0. The molecule has 1 N–H and O–H groups in total. The average molecular weight is 316 g/mol. The minimum atomic E-state index is -0.509. The van der Waals surface area contributed by atoms with Gasteiger partial charge in [-0.15, -0.1) is 0 Å². The zero-order chi connectivity index (χ0) is 13.9. The van der Waals surface area contributed by atoms with Crippen molar-refractivity contribution in [3.8, 4) is 0 Å². The molecule has 1 unspecified atom stereocenters. The SMILES string of the molecule is CC(CNC(=O)c1c(F)cccc1Br)C(C)(C)C. The third-order valence-electron chi connectivity index (χ3n) is 3.24. The van der Waals surface area contributed by atoms with E-state index in [1.54, 1.807) is 12.1 Å². The Morgan fingerprint density at radius 3 is 2.56 bits per heavy atom. The maximum absolute atomic E-state index is 13.6. The summed E-state index contributed by atoms with van der Waals surface area (Å²) in [4.78, 5) is 11.9. The fourth-order valence-corrected chi connectivity index (χ4v) is 1.88. The van der Waals surface area contributed by atoms with E-state index in [2.05, 4.69) is 48.9 Å². The Hall–Kier alpha value is -0.900. The van der Waals surface area contributed by atoms with Gasteiger partial charge in [0.15, 0.2) is 0 Å². The van der Waals surface area contributed by atoms with Crippen molar-refractivity contribution in [1.82, 2.24) is 5.32 Å². The molecule has 0 aliphatic heterocycles. The van der Waals surface area contributed by atoms with E-state index in [-0.39, 0.29) is 16.9 Å². The molecule has 0 aliphatic rings. The molecule has 0 spiro atoms. The van der Waals surface area contributed by atoms with Crippen LogP contribution in [0.1, 0.15) is 38.1 Å². The summed E-state index contributed by atoms with van der Waals surface area (Å²) in [6.07, 6.45) is 0. The van der Waals surface area contributed by atoms with Crippen LogP contribution in [0.3, 0.4) is 0 Å². The van der Waals surface area contributed by atoms with Gasteiger partial charge >= 0.3 is 0 Å². The molecule has 2 nitrogen and oxygen atoms in total. The number of benzene rings is 1. The first kappa shape index (κ1) is 15.2. The normalized spacial score (nSPS) is 13.2. The number of halogens is 2. The zero-order valence-electron chi connectivity index (χ0n) is 11.2. The Labute approximate surface area is 116 Å². The van der Waals surface area contributed by atoms with Crippen molar-refractivity contribution < 1.29 is 9.18 Å². The van der Waals surface area contributed by atoms with Gasteiger partial charge in [0.1, 0.15) is 5.82 Å². The second-order valence-corrected chi connectivity index (χ2v) is 6.43. The summed E-state index contributed by atoms with van der Waals surface area (Å²) in [6.45, 7) is 8.94. The molecule has 0 aromatic heterocycles. The van der Waals surface area contributed by atoms with Crippen molar-refractivity contribution in [1.29, 1.82) is 0 Å².